The molecule has 4 rings (SSSR count). The van der Waals surface area contributed by atoms with Crippen molar-refractivity contribution in [3.05, 3.63) is 65.1 Å². The number of nitrogens with one attached hydrogen (secondary N) is 3. The summed E-state index contributed by atoms with van der Waals surface area (Å²) in [6.07, 6.45) is 0.248. The van der Waals surface area contributed by atoms with Crippen LogP contribution < -0.4 is 21.7 Å². The average molecular weight is 578 g/mol. The Bertz CT molecular complexity index is 1350. The number of aromatic nitrogens is 1. The van der Waals surface area contributed by atoms with Crippen molar-refractivity contribution in [2.24, 2.45) is 5.73 Å². The number of aliphatic hydroxyl groups is 1. The molecule has 3 aromatic rings. The van der Waals surface area contributed by atoms with Gasteiger partial charge in [-0.2, -0.15) is 10.6 Å². The highest BCUT2D eigenvalue weighted by molar-refractivity contribution is 8.24. The zero-order valence-corrected chi connectivity index (χ0v) is 22.9. The van der Waals surface area contributed by atoms with Crippen molar-refractivity contribution in [3.8, 4) is 10.4 Å². The Morgan fingerprint density at radius 2 is 2.05 bits per heavy atom. The van der Waals surface area contributed by atoms with E-state index in [1.54, 1.807) is 37.3 Å². The van der Waals surface area contributed by atoms with Gasteiger partial charge >= 0.3 is 0 Å². The number of hydrogen-bond donors (Lipinski definition) is 7. The van der Waals surface area contributed by atoms with Gasteiger partial charge in [-0.25, -0.2) is 9.37 Å². The van der Waals surface area contributed by atoms with Gasteiger partial charge in [0.25, 0.3) is 5.91 Å². The number of pyridine rings is 1. The maximum atomic E-state index is 14.9. The number of carbonyl (C=O) groups is 2. The van der Waals surface area contributed by atoms with Crippen molar-refractivity contribution in [2.45, 2.75) is 38.5 Å². The topological polar surface area (TPSA) is 170 Å². The van der Waals surface area contributed by atoms with Crippen LogP contribution in [0.1, 0.15) is 47.5 Å². The number of benzene rings is 1. The van der Waals surface area contributed by atoms with Crippen LogP contribution in [0.4, 0.5) is 15.2 Å². The molecule has 0 spiro atoms. The Morgan fingerprint density at radius 3 is 2.72 bits per heavy atom. The minimum Gasteiger partial charge on any atom is -0.388 e. The molecule has 0 bridgehead atoms. The molecule has 8 N–H and O–H groups in total. The summed E-state index contributed by atoms with van der Waals surface area (Å²) in [5.74, 6) is -0.499. The summed E-state index contributed by atoms with van der Waals surface area (Å²) in [5, 5.41) is 19.3. The fourth-order valence-corrected chi connectivity index (χ4v) is 7.07. The first-order chi connectivity index (χ1) is 18.5. The smallest absolute Gasteiger partial charge is 0.251 e. The van der Waals surface area contributed by atoms with E-state index >= 15 is 0 Å². The van der Waals surface area contributed by atoms with Crippen LogP contribution in [-0.2, 0) is 11.3 Å². The van der Waals surface area contributed by atoms with Crippen LogP contribution in [0, 0.1) is 5.82 Å². The molecular formula is C26H32FN5O5S2. The molecule has 1 saturated heterocycles. The normalized spacial score (nSPS) is 17.9. The molecule has 1 aromatic carbocycles. The van der Waals surface area contributed by atoms with E-state index in [1.165, 1.54) is 12.1 Å². The lowest BCUT2D eigenvalue weighted by Crippen LogP contribution is -2.40. The minimum absolute atomic E-state index is 0.0365. The third-order valence-electron chi connectivity index (χ3n) is 6.29. The zero-order chi connectivity index (χ0) is 28.2. The first-order valence-corrected chi connectivity index (χ1v) is 15.1. The molecule has 39 heavy (non-hydrogen) atoms. The van der Waals surface area contributed by atoms with Gasteiger partial charge in [0.05, 0.1) is 29.7 Å². The van der Waals surface area contributed by atoms with Crippen molar-refractivity contribution in [1.29, 1.82) is 0 Å². The lowest BCUT2D eigenvalue weighted by Gasteiger charge is -2.26. The van der Waals surface area contributed by atoms with Crippen LogP contribution in [-0.4, -0.2) is 55.1 Å². The summed E-state index contributed by atoms with van der Waals surface area (Å²) in [4.78, 5) is 29.3. The van der Waals surface area contributed by atoms with Crippen LogP contribution in [0.15, 0.2) is 42.5 Å². The number of thiophene rings is 1. The van der Waals surface area contributed by atoms with E-state index in [-0.39, 0.29) is 35.4 Å². The molecule has 2 aromatic heterocycles. The van der Waals surface area contributed by atoms with Gasteiger partial charge in [0.2, 0.25) is 5.91 Å². The molecule has 210 valence electrons. The average Bonchev–Trinajstić information content (AvgIpc) is 3.46. The van der Waals surface area contributed by atoms with Crippen LogP contribution >= 0.6 is 21.9 Å². The van der Waals surface area contributed by atoms with E-state index in [0.717, 1.165) is 11.3 Å². The van der Waals surface area contributed by atoms with Gasteiger partial charge in [-0.3, -0.25) is 18.7 Å². The van der Waals surface area contributed by atoms with Crippen LogP contribution in [0.25, 0.3) is 10.4 Å². The van der Waals surface area contributed by atoms with E-state index in [2.05, 4.69) is 20.9 Å². The van der Waals surface area contributed by atoms with Crippen LogP contribution in [0.2, 0.25) is 0 Å². The molecule has 0 saturated carbocycles. The number of aliphatic hydroxyl groups excluding tert-OH is 1. The number of rotatable bonds is 11. The summed E-state index contributed by atoms with van der Waals surface area (Å²) >= 11 is 1.16. The lowest BCUT2D eigenvalue weighted by molar-refractivity contribution is -0.120. The number of halogens is 1. The number of nitrogens with two attached hydrogens (primary N) is 1. The van der Waals surface area contributed by atoms with Gasteiger partial charge in [0, 0.05) is 28.8 Å². The van der Waals surface area contributed by atoms with Crippen molar-refractivity contribution in [2.75, 3.05) is 23.4 Å². The maximum Gasteiger partial charge on any atom is 0.251 e. The molecule has 13 heteroatoms. The highest BCUT2D eigenvalue weighted by atomic mass is 32.3. The first kappa shape index (κ1) is 28.9. The van der Waals surface area contributed by atoms with Gasteiger partial charge in [0.1, 0.15) is 16.6 Å². The molecule has 1 aliphatic rings. The second-order valence-corrected chi connectivity index (χ2v) is 12.7. The molecule has 1 fully saturated rings. The molecule has 3 heterocycles. The standard InChI is InChI=1S/C26H32FN5O5S2/c1-2-21(33)15-6-7-18(20(27)10-15)22-11-19(25(28)35)26(38-22)32-23-5-3-4-16(30-23)12-29-13-24(34)31-17-8-9-39(36,37)14-17/h3-7,10-11,17,21,29,33,36-37H,2,8-9,12-14H2,1H3,(H2,28,35)(H,30,32)(H,31,34). The van der Waals surface area contributed by atoms with Gasteiger partial charge < -0.3 is 26.8 Å². The molecule has 2 unspecified atom stereocenters. The number of anilines is 2. The van der Waals surface area contributed by atoms with Gasteiger partial charge in [-0.1, -0.05) is 25.1 Å². The highest BCUT2D eigenvalue weighted by Gasteiger charge is 2.29. The molecule has 2 atom stereocenters. The Balaban J connectivity index is 1.40. The second kappa shape index (κ2) is 12.4. The quantitative estimate of drug-likeness (QED) is 0.180. The van der Waals surface area contributed by atoms with E-state index in [4.69, 9.17) is 5.73 Å². The Kier molecular flexibility index (Phi) is 9.20. The molecule has 0 radical (unpaired) electrons. The monoisotopic (exact) mass is 577 g/mol. The number of primary amides is 1. The predicted molar refractivity (Wildman–Crippen MR) is 152 cm³/mol. The first-order valence-electron chi connectivity index (χ1n) is 12.4. The van der Waals surface area contributed by atoms with Gasteiger partial charge in [-0.15, -0.1) is 11.3 Å². The van der Waals surface area contributed by atoms with E-state index in [1.807, 2.05) is 0 Å². The Hall–Kier alpha value is -3.07. The fourth-order valence-electron chi connectivity index (χ4n) is 4.25. The number of nitrogens with zero attached hydrogens (tertiary/aromatic N) is 1. The van der Waals surface area contributed by atoms with E-state index in [0.29, 0.717) is 52.1 Å². The summed E-state index contributed by atoms with van der Waals surface area (Å²) in [6.45, 7) is 2.14. The van der Waals surface area contributed by atoms with E-state index in [9.17, 15) is 28.2 Å². The minimum atomic E-state index is -2.57. The Morgan fingerprint density at radius 1 is 1.26 bits per heavy atom. The van der Waals surface area contributed by atoms with Crippen molar-refractivity contribution in [3.63, 3.8) is 0 Å². The van der Waals surface area contributed by atoms with Crippen LogP contribution in [0.5, 0.6) is 0 Å². The molecule has 2 amide bonds. The van der Waals surface area contributed by atoms with Gasteiger partial charge in [-0.05, 0) is 42.7 Å². The lowest BCUT2D eigenvalue weighted by atomic mass is 10.0. The van der Waals surface area contributed by atoms with Crippen LogP contribution in [0.3, 0.4) is 0 Å². The number of carbonyl (C=O) groups excluding carboxylic acids is 2. The van der Waals surface area contributed by atoms with Crippen molar-refractivity contribution < 1.29 is 28.2 Å². The molecular weight excluding hydrogens is 545 g/mol. The SMILES string of the molecule is CCC(O)c1ccc(-c2cc(C(N)=O)c(Nc3cccc(CNCC(=O)NC4CCS(O)(O)C4)n3)s2)c(F)c1. The third kappa shape index (κ3) is 7.53. The maximum absolute atomic E-state index is 14.9. The molecule has 1 aliphatic heterocycles. The largest absolute Gasteiger partial charge is 0.388 e. The van der Waals surface area contributed by atoms with Crippen molar-refractivity contribution >= 4 is 44.6 Å². The molecule has 10 nitrogen and oxygen atoms in total. The number of hydrogen-bond acceptors (Lipinski definition) is 9. The fraction of sp³-hybridized carbons (Fsp3) is 0.346. The highest BCUT2D eigenvalue weighted by Crippen LogP contribution is 2.45. The summed E-state index contributed by atoms with van der Waals surface area (Å²) in [7, 11) is -2.57. The van der Waals surface area contributed by atoms with E-state index < -0.39 is 28.4 Å². The van der Waals surface area contributed by atoms with Gasteiger partial charge in [0.15, 0.2) is 0 Å². The van der Waals surface area contributed by atoms with Crippen molar-refractivity contribution in [1.82, 2.24) is 15.6 Å². The second-order valence-electron chi connectivity index (χ2n) is 9.35. The summed E-state index contributed by atoms with van der Waals surface area (Å²) in [6, 6.07) is 11.1. The third-order valence-corrected chi connectivity index (χ3v) is 9.20. The summed E-state index contributed by atoms with van der Waals surface area (Å²) < 4.78 is 34.3. The number of amides is 2. The predicted octanol–water partition coefficient (Wildman–Crippen LogP) is 3.96. The summed E-state index contributed by atoms with van der Waals surface area (Å²) in [5.41, 5.74) is 7.18. The zero-order valence-electron chi connectivity index (χ0n) is 21.3. The Labute approximate surface area is 231 Å². The molecule has 0 aliphatic carbocycles.